The Labute approximate surface area is 176 Å². The summed E-state index contributed by atoms with van der Waals surface area (Å²) in [6.07, 6.45) is -0.0545. The summed E-state index contributed by atoms with van der Waals surface area (Å²) in [5, 5.41) is 2.64. The number of aryl methyl sites for hydroxylation is 1. The molecule has 0 aromatic carbocycles. The van der Waals surface area contributed by atoms with E-state index < -0.39 is 17.6 Å². The maximum atomic E-state index is 13.1. The van der Waals surface area contributed by atoms with Crippen LogP contribution in [0.1, 0.15) is 23.3 Å². The van der Waals surface area contributed by atoms with E-state index in [1.54, 1.807) is 6.20 Å². The first-order chi connectivity index (χ1) is 13.5. The molecule has 3 aromatic rings. The molecule has 1 aliphatic rings. The van der Waals surface area contributed by atoms with Crippen molar-refractivity contribution in [2.45, 2.75) is 24.6 Å². The Morgan fingerprint density at radius 1 is 1.34 bits per heavy atom. The summed E-state index contributed by atoms with van der Waals surface area (Å²) in [6.45, 7) is 0. The number of nitrogens with two attached hydrogens (primary N) is 1. The number of aromatic nitrogens is 3. The molecule has 0 bridgehead atoms. The lowest BCUT2D eigenvalue weighted by atomic mass is 10.1. The highest BCUT2D eigenvalue weighted by Gasteiger charge is 2.64. The molecule has 1 saturated carbocycles. The summed E-state index contributed by atoms with van der Waals surface area (Å²) in [6, 6.07) is 1.48. The van der Waals surface area contributed by atoms with Gasteiger partial charge in [-0.3, -0.25) is 4.79 Å². The van der Waals surface area contributed by atoms with Crippen molar-refractivity contribution in [3.63, 3.8) is 0 Å². The maximum Gasteiger partial charge on any atom is 0.411 e. The molecule has 0 unspecified atom stereocenters. The predicted octanol–water partition coefficient (Wildman–Crippen LogP) is 4.46. The van der Waals surface area contributed by atoms with Gasteiger partial charge in [0.15, 0.2) is 0 Å². The van der Waals surface area contributed by atoms with E-state index in [1.165, 1.54) is 12.3 Å². The van der Waals surface area contributed by atoms with Gasteiger partial charge in [0.05, 0.1) is 20.4 Å². The molecule has 1 amide bonds. The molecule has 3 aromatic heterocycles. The van der Waals surface area contributed by atoms with Crippen molar-refractivity contribution in [3.05, 3.63) is 39.8 Å². The zero-order chi connectivity index (χ0) is 21.1. The van der Waals surface area contributed by atoms with Gasteiger partial charge in [0.2, 0.25) is 0 Å². The molecule has 0 atom stereocenters. The molecule has 3 heterocycles. The highest BCUT2D eigenvalue weighted by molar-refractivity contribution is 9.10. The number of anilines is 1. The molecular formula is C18H14BrClF3N5O. The zero-order valence-corrected chi connectivity index (χ0v) is 17.3. The number of fused-ring (bicyclic) bond motifs is 1. The van der Waals surface area contributed by atoms with E-state index >= 15 is 0 Å². The number of carbonyl (C=O) groups excluding carboxylic acids is 1. The van der Waals surface area contributed by atoms with Gasteiger partial charge in [-0.25, -0.2) is 9.97 Å². The Kier molecular flexibility index (Phi) is 4.54. The fraction of sp³-hybridized carbons (Fsp3) is 0.278. The van der Waals surface area contributed by atoms with Crippen LogP contribution in [0.4, 0.5) is 19.0 Å². The van der Waals surface area contributed by atoms with Crippen LogP contribution in [-0.2, 0) is 7.05 Å². The SMILES string of the molecule is Cn1cc(-c2cnc(C(=O)NC3(C(F)(F)F)CC3)c(Cl)c2)c2c(N)ncc(Br)c21. The molecule has 1 fully saturated rings. The minimum atomic E-state index is -4.52. The first-order valence-electron chi connectivity index (χ1n) is 8.48. The smallest absolute Gasteiger partial charge is 0.383 e. The van der Waals surface area contributed by atoms with Crippen LogP contribution in [0.2, 0.25) is 5.02 Å². The Morgan fingerprint density at radius 3 is 2.62 bits per heavy atom. The first kappa shape index (κ1) is 20.0. The van der Waals surface area contributed by atoms with E-state index in [-0.39, 0.29) is 23.6 Å². The average Bonchev–Trinajstić information content (AvgIpc) is 3.33. The number of pyridine rings is 2. The second-order valence-corrected chi connectivity index (χ2v) is 8.22. The molecule has 29 heavy (non-hydrogen) atoms. The van der Waals surface area contributed by atoms with E-state index in [0.717, 1.165) is 9.99 Å². The largest absolute Gasteiger partial charge is 0.411 e. The summed E-state index contributed by atoms with van der Waals surface area (Å²) in [4.78, 5) is 20.5. The van der Waals surface area contributed by atoms with E-state index in [1.807, 2.05) is 23.1 Å². The number of halogens is 5. The Morgan fingerprint density at radius 2 is 2.03 bits per heavy atom. The standard InChI is InChI=1S/C18H14BrClF3N5O/c1-28-7-9(12-14(28)10(19)6-26-15(12)24)8-4-11(20)13(25-5-8)16(29)27-17(2-3-17)18(21,22)23/h4-7H,2-3H2,1H3,(H2,24,26)(H,27,29). The highest BCUT2D eigenvalue weighted by Crippen LogP contribution is 2.49. The molecule has 6 nitrogen and oxygen atoms in total. The van der Waals surface area contributed by atoms with Gasteiger partial charge in [0.1, 0.15) is 17.1 Å². The van der Waals surface area contributed by atoms with Crippen LogP contribution in [-0.4, -0.2) is 32.2 Å². The molecule has 3 N–H and O–H groups in total. The third-order valence-electron chi connectivity index (χ3n) is 4.99. The van der Waals surface area contributed by atoms with Crippen LogP contribution >= 0.6 is 27.5 Å². The number of alkyl halides is 3. The number of nitrogen functional groups attached to an aromatic ring is 1. The lowest BCUT2D eigenvalue weighted by Crippen LogP contribution is -2.48. The second kappa shape index (κ2) is 6.60. The molecule has 1 aliphatic carbocycles. The zero-order valence-electron chi connectivity index (χ0n) is 14.9. The number of hydrogen-bond donors (Lipinski definition) is 2. The molecular weight excluding hydrogens is 475 g/mol. The van der Waals surface area contributed by atoms with Crippen molar-refractivity contribution in [3.8, 4) is 11.1 Å². The molecule has 152 valence electrons. The van der Waals surface area contributed by atoms with Gasteiger partial charge in [0.25, 0.3) is 5.91 Å². The highest BCUT2D eigenvalue weighted by atomic mass is 79.9. The predicted molar refractivity (Wildman–Crippen MR) is 107 cm³/mol. The third kappa shape index (κ3) is 3.24. The Balaban J connectivity index is 1.71. The van der Waals surface area contributed by atoms with Crippen molar-refractivity contribution < 1.29 is 18.0 Å². The van der Waals surface area contributed by atoms with Crippen molar-refractivity contribution in [1.82, 2.24) is 19.9 Å². The minimum absolute atomic E-state index is 0.0588. The van der Waals surface area contributed by atoms with E-state index in [4.69, 9.17) is 17.3 Å². The fourth-order valence-electron chi connectivity index (χ4n) is 3.28. The lowest BCUT2D eigenvalue weighted by Gasteiger charge is -2.20. The van der Waals surface area contributed by atoms with Crippen molar-refractivity contribution in [2.24, 2.45) is 7.05 Å². The third-order valence-corrected chi connectivity index (χ3v) is 5.86. The summed E-state index contributed by atoms with van der Waals surface area (Å²) in [5.41, 5.74) is 5.64. The summed E-state index contributed by atoms with van der Waals surface area (Å²) in [7, 11) is 1.83. The monoisotopic (exact) mass is 487 g/mol. The number of amides is 1. The van der Waals surface area contributed by atoms with Gasteiger partial charge < -0.3 is 15.6 Å². The van der Waals surface area contributed by atoms with Gasteiger partial charge in [-0.05, 0) is 34.8 Å². The van der Waals surface area contributed by atoms with Gasteiger partial charge >= 0.3 is 6.18 Å². The van der Waals surface area contributed by atoms with Gasteiger partial charge in [0, 0.05) is 36.8 Å². The average molecular weight is 489 g/mol. The summed E-state index contributed by atoms with van der Waals surface area (Å²) in [5.74, 6) is -0.657. The van der Waals surface area contributed by atoms with Crippen LogP contribution in [0.15, 0.2) is 29.1 Å². The molecule has 0 spiro atoms. The van der Waals surface area contributed by atoms with Crippen LogP contribution < -0.4 is 11.1 Å². The second-order valence-electron chi connectivity index (χ2n) is 6.96. The molecule has 0 saturated heterocycles. The normalized spacial score (nSPS) is 15.5. The fourth-order valence-corrected chi connectivity index (χ4v) is 4.11. The van der Waals surface area contributed by atoms with Gasteiger partial charge in [-0.1, -0.05) is 11.6 Å². The number of hydrogen-bond acceptors (Lipinski definition) is 4. The molecule has 0 aliphatic heterocycles. The van der Waals surface area contributed by atoms with E-state index in [2.05, 4.69) is 25.9 Å². The molecule has 0 radical (unpaired) electrons. The van der Waals surface area contributed by atoms with Gasteiger partial charge in [-0.2, -0.15) is 13.2 Å². The van der Waals surface area contributed by atoms with Crippen LogP contribution in [0, 0.1) is 0 Å². The Bertz CT molecular complexity index is 1160. The topological polar surface area (TPSA) is 85.8 Å². The molecule has 11 heteroatoms. The minimum Gasteiger partial charge on any atom is -0.383 e. The van der Waals surface area contributed by atoms with E-state index in [0.29, 0.717) is 22.3 Å². The Hall–Kier alpha value is -2.33. The van der Waals surface area contributed by atoms with Crippen LogP contribution in [0.3, 0.4) is 0 Å². The number of nitrogens with one attached hydrogen (secondary N) is 1. The van der Waals surface area contributed by atoms with E-state index in [9.17, 15) is 18.0 Å². The van der Waals surface area contributed by atoms with Crippen LogP contribution in [0.25, 0.3) is 22.0 Å². The van der Waals surface area contributed by atoms with Crippen molar-refractivity contribution >= 4 is 50.2 Å². The van der Waals surface area contributed by atoms with Crippen LogP contribution in [0.5, 0.6) is 0 Å². The number of nitrogens with zero attached hydrogens (tertiary/aromatic N) is 3. The maximum absolute atomic E-state index is 13.1. The summed E-state index contributed by atoms with van der Waals surface area (Å²) < 4.78 is 41.9. The molecule has 4 rings (SSSR count). The number of carbonyl (C=O) groups is 1. The summed E-state index contributed by atoms with van der Waals surface area (Å²) >= 11 is 9.64. The van der Waals surface area contributed by atoms with Crippen molar-refractivity contribution in [1.29, 1.82) is 0 Å². The first-order valence-corrected chi connectivity index (χ1v) is 9.65. The quantitative estimate of drug-likeness (QED) is 0.570. The number of rotatable bonds is 3. The van der Waals surface area contributed by atoms with Crippen molar-refractivity contribution in [2.75, 3.05) is 5.73 Å². The lowest BCUT2D eigenvalue weighted by molar-refractivity contribution is -0.163. The van der Waals surface area contributed by atoms with Gasteiger partial charge in [-0.15, -0.1) is 0 Å².